The Kier molecular flexibility index (Phi) is 2.22. The first-order valence-corrected chi connectivity index (χ1v) is 5.52. The van der Waals surface area contributed by atoms with Crippen molar-refractivity contribution in [1.82, 2.24) is 4.57 Å². The second kappa shape index (κ2) is 3.24. The Labute approximate surface area is 86.6 Å². The Morgan fingerprint density at radius 1 is 1.31 bits per heavy atom. The summed E-state index contributed by atoms with van der Waals surface area (Å²) in [5.74, 6) is 0. The Morgan fingerprint density at radius 3 is 2.69 bits per heavy atom. The molecule has 0 radical (unpaired) electrons. The number of benzene rings is 1. The first kappa shape index (κ1) is 8.91. The highest BCUT2D eigenvalue weighted by Gasteiger charge is 2.05. The van der Waals surface area contributed by atoms with E-state index in [1.54, 1.807) is 11.3 Å². The van der Waals surface area contributed by atoms with Gasteiger partial charge in [-0.1, -0.05) is 12.1 Å². The van der Waals surface area contributed by atoms with Crippen LogP contribution in [0.15, 0.2) is 24.3 Å². The second-order valence-corrected chi connectivity index (χ2v) is 4.98. The molecule has 2 aromatic rings. The monoisotopic (exact) mass is 209 g/mol. The number of nitrogens with zero attached hydrogens (tertiary/aromatic N) is 1. The molecule has 1 aromatic heterocycles. The lowest BCUT2D eigenvalue weighted by Crippen LogP contribution is -1.98. The molecule has 0 aliphatic heterocycles. The third-order valence-corrected chi connectivity index (χ3v) is 3.42. The first-order chi connectivity index (χ1) is 6.20. The lowest BCUT2D eigenvalue weighted by molar-refractivity contribution is 0.620. The van der Waals surface area contributed by atoms with Crippen molar-refractivity contribution in [2.75, 3.05) is 0 Å². The fraction of sp³-hybridized carbons (Fsp3) is 0.300. The summed E-state index contributed by atoms with van der Waals surface area (Å²) in [6.07, 6.45) is 0. The van der Waals surface area contributed by atoms with Crippen LogP contribution in [0.5, 0.6) is 0 Å². The highest BCUT2D eigenvalue weighted by atomic mass is 32.1. The summed E-state index contributed by atoms with van der Waals surface area (Å²) in [5.41, 5.74) is 1.26. The maximum absolute atomic E-state index is 5.31. The van der Waals surface area contributed by atoms with Crippen LogP contribution < -0.4 is 0 Å². The topological polar surface area (TPSA) is 4.93 Å². The largest absolute Gasteiger partial charge is 0.320 e. The minimum absolute atomic E-state index is 0.448. The zero-order valence-electron chi connectivity index (χ0n) is 7.65. The summed E-state index contributed by atoms with van der Waals surface area (Å²) >= 11 is 7.00. The highest BCUT2D eigenvalue weighted by Crippen LogP contribution is 2.25. The average Bonchev–Trinajstić information content (AvgIpc) is 2.39. The Bertz CT molecular complexity index is 479. The van der Waals surface area contributed by atoms with Crippen LogP contribution >= 0.6 is 23.6 Å². The predicted octanol–water partition coefficient (Wildman–Crippen LogP) is 4.01. The van der Waals surface area contributed by atoms with Crippen LogP contribution in [0.1, 0.15) is 19.9 Å². The molecule has 2 rings (SSSR count). The lowest BCUT2D eigenvalue weighted by atomic mass is 10.3. The third-order valence-electron chi connectivity index (χ3n) is 2.04. The number of rotatable bonds is 1. The van der Waals surface area contributed by atoms with Gasteiger partial charge >= 0.3 is 0 Å². The van der Waals surface area contributed by atoms with Gasteiger partial charge < -0.3 is 4.57 Å². The fourth-order valence-corrected chi connectivity index (χ4v) is 3.06. The third kappa shape index (κ3) is 1.42. The van der Waals surface area contributed by atoms with Crippen LogP contribution in [0.25, 0.3) is 10.2 Å². The molecule has 0 amide bonds. The van der Waals surface area contributed by atoms with Crippen LogP contribution in [0.2, 0.25) is 0 Å². The number of hydrogen-bond donors (Lipinski definition) is 0. The molecule has 0 N–H and O–H groups in total. The molecule has 3 heteroatoms. The zero-order valence-corrected chi connectivity index (χ0v) is 9.28. The van der Waals surface area contributed by atoms with Crippen molar-refractivity contribution in [3.63, 3.8) is 0 Å². The van der Waals surface area contributed by atoms with Gasteiger partial charge in [-0.25, -0.2) is 0 Å². The first-order valence-electron chi connectivity index (χ1n) is 4.30. The Balaban J connectivity index is 2.87. The molecule has 1 heterocycles. The Hall–Kier alpha value is -0.670. The molecule has 1 nitrogen and oxygen atoms in total. The molecule has 13 heavy (non-hydrogen) atoms. The van der Waals surface area contributed by atoms with Gasteiger partial charge in [-0.15, -0.1) is 11.3 Å². The molecular formula is C10H11NS2. The van der Waals surface area contributed by atoms with E-state index in [-0.39, 0.29) is 0 Å². The van der Waals surface area contributed by atoms with Crippen molar-refractivity contribution in [3.8, 4) is 0 Å². The van der Waals surface area contributed by atoms with Gasteiger partial charge in [0.25, 0.3) is 0 Å². The fourth-order valence-electron chi connectivity index (χ4n) is 1.47. The molecular weight excluding hydrogens is 198 g/mol. The standard InChI is InChI=1S/C10H11NS2/c1-7(2)11-8-5-3-4-6-9(8)13-10(11)12/h3-7H,1-2H3. The number of aromatic nitrogens is 1. The van der Waals surface area contributed by atoms with E-state index in [4.69, 9.17) is 12.2 Å². The molecule has 0 atom stereocenters. The minimum Gasteiger partial charge on any atom is -0.320 e. The van der Waals surface area contributed by atoms with Gasteiger partial charge in [0.1, 0.15) is 0 Å². The van der Waals surface area contributed by atoms with E-state index in [1.165, 1.54) is 10.2 Å². The quantitative estimate of drug-likeness (QED) is 0.642. The summed E-state index contributed by atoms with van der Waals surface area (Å²) in [5, 5.41) is 0. The predicted molar refractivity (Wildman–Crippen MR) is 61.0 cm³/mol. The van der Waals surface area contributed by atoms with Crippen molar-refractivity contribution in [2.24, 2.45) is 0 Å². The molecule has 68 valence electrons. The molecule has 0 saturated carbocycles. The van der Waals surface area contributed by atoms with Crippen LogP contribution in [0, 0.1) is 3.95 Å². The van der Waals surface area contributed by atoms with Crippen LogP contribution in [-0.2, 0) is 0 Å². The van der Waals surface area contributed by atoms with Gasteiger partial charge in [-0.2, -0.15) is 0 Å². The van der Waals surface area contributed by atoms with Crippen molar-refractivity contribution in [1.29, 1.82) is 0 Å². The summed E-state index contributed by atoms with van der Waals surface area (Å²) < 4.78 is 4.45. The maximum atomic E-state index is 5.31. The SMILES string of the molecule is CC(C)n1c(=S)sc2ccccc21. The number of hydrogen-bond acceptors (Lipinski definition) is 2. The molecule has 0 saturated heterocycles. The normalized spacial score (nSPS) is 11.3. The van der Waals surface area contributed by atoms with E-state index >= 15 is 0 Å². The van der Waals surface area contributed by atoms with E-state index in [2.05, 4.69) is 42.7 Å². The van der Waals surface area contributed by atoms with Crippen LogP contribution in [0.4, 0.5) is 0 Å². The molecule has 0 spiro atoms. The summed E-state index contributed by atoms with van der Waals surface area (Å²) in [6, 6.07) is 8.81. The van der Waals surface area contributed by atoms with Gasteiger partial charge in [0, 0.05) is 6.04 Å². The van der Waals surface area contributed by atoms with E-state index in [0.29, 0.717) is 6.04 Å². The summed E-state index contributed by atoms with van der Waals surface area (Å²) in [7, 11) is 0. The molecule has 0 aliphatic rings. The van der Waals surface area contributed by atoms with Gasteiger partial charge in [0.2, 0.25) is 0 Å². The van der Waals surface area contributed by atoms with Gasteiger partial charge in [0.05, 0.1) is 10.2 Å². The zero-order chi connectivity index (χ0) is 9.42. The van der Waals surface area contributed by atoms with Gasteiger partial charge in [-0.05, 0) is 38.2 Å². The number of fused-ring (bicyclic) bond motifs is 1. The highest BCUT2D eigenvalue weighted by molar-refractivity contribution is 7.73. The lowest BCUT2D eigenvalue weighted by Gasteiger charge is -2.07. The number of para-hydroxylation sites is 1. The van der Waals surface area contributed by atoms with Crippen molar-refractivity contribution >= 4 is 33.8 Å². The van der Waals surface area contributed by atoms with Crippen LogP contribution in [-0.4, -0.2) is 4.57 Å². The van der Waals surface area contributed by atoms with E-state index in [0.717, 1.165) is 3.95 Å². The Morgan fingerprint density at radius 2 is 2.00 bits per heavy atom. The van der Waals surface area contributed by atoms with E-state index < -0.39 is 0 Å². The van der Waals surface area contributed by atoms with E-state index in [1.807, 2.05) is 0 Å². The second-order valence-electron chi connectivity index (χ2n) is 3.30. The molecule has 0 unspecified atom stereocenters. The summed E-state index contributed by atoms with van der Waals surface area (Å²) in [4.78, 5) is 0. The van der Waals surface area contributed by atoms with Crippen LogP contribution in [0.3, 0.4) is 0 Å². The minimum atomic E-state index is 0.448. The van der Waals surface area contributed by atoms with Crippen molar-refractivity contribution in [3.05, 3.63) is 28.2 Å². The molecule has 1 aromatic carbocycles. The van der Waals surface area contributed by atoms with Crippen molar-refractivity contribution in [2.45, 2.75) is 19.9 Å². The van der Waals surface area contributed by atoms with Crippen molar-refractivity contribution < 1.29 is 0 Å². The molecule has 0 fully saturated rings. The molecule has 0 bridgehead atoms. The smallest absolute Gasteiger partial charge is 0.162 e. The van der Waals surface area contributed by atoms with Gasteiger partial charge in [0.15, 0.2) is 3.95 Å². The number of thiazole rings is 1. The van der Waals surface area contributed by atoms with Gasteiger partial charge in [-0.3, -0.25) is 0 Å². The average molecular weight is 209 g/mol. The maximum Gasteiger partial charge on any atom is 0.162 e. The molecule has 0 aliphatic carbocycles. The van der Waals surface area contributed by atoms with E-state index in [9.17, 15) is 0 Å². The summed E-state index contributed by atoms with van der Waals surface area (Å²) in [6.45, 7) is 4.32.